The Morgan fingerprint density at radius 1 is 1.11 bits per heavy atom. The first-order chi connectivity index (χ1) is 18.5. The van der Waals surface area contributed by atoms with Crippen LogP contribution in [0.2, 0.25) is 0 Å². The first-order valence-electron chi connectivity index (χ1n) is 12.6. The summed E-state index contributed by atoms with van der Waals surface area (Å²) in [6, 6.07) is 17.2. The van der Waals surface area contributed by atoms with Crippen molar-refractivity contribution in [3.8, 4) is 17.0 Å². The van der Waals surface area contributed by atoms with Crippen LogP contribution in [0.5, 0.6) is 5.75 Å². The van der Waals surface area contributed by atoms with Crippen LogP contribution in [0.3, 0.4) is 0 Å². The molecule has 0 saturated carbocycles. The molecule has 2 aliphatic heterocycles. The van der Waals surface area contributed by atoms with Gasteiger partial charge in [0.1, 0.15) is 5.75 Å². The van der Waals surface area contributed by atoms with Crippen molar-refractivity contribution >= 4 is 11.9 Å². The summed E-state index contributed by atoms with van der Waals surface area (Å²) in [5, 5.41) is 33.1. The quantitative estimate of drug-likeness (QED) is 0.343. The van der Waals surface area contributed by atoms with Gasteiger partial charge >= 0.3 is 0 Å². The minimum Gasteiger partial charge on any atom is -0.508 e. The second-order valence-electron chi connectivity index (χ2n) is 9.34. The monoisotopic (exact) mass is 514 g/mol. The molecule has 3 heterocycles. The van der Waals surface area contributed by atoms with E-state index in [4.69, 9.17) is 4.98 Å². The first kappa shape index (κ1) is 25.4. The van der Waals surface area contributed by atoms with Gasteiger partial charge < -0.3 is 21.1 Å². The van der Waals surface area contributed by atoms with Gasteiger partial charge in [0.15, 0.2) is 0 Å². The summed E-state index contributed by atoms with van der Waals surface area (Å²) >= 11 is 0. The van der Waals surface area contributed by atoms with Crippen LogP contribution in [0.1, 0.15) is 18.1 Å². The van der Waals surface area contributed by atoms with Crippen molar-refractivity contribution in [3.63, 3.8) is 0 Å². The molecule has 2 atom stereocenters. The number of anilines is 1. The van der Waals surface area contributed by atoms with Crippen molar-refractivity contribution in [3.05, 3.63) is 71.9 Å². The molecule has 0 bridgehead atoms. The number of piperazine rings is 1. The third kappa shape index (κ3) is 6.52. The fourth-order valence-corrected chi connectivity index (χ4v) is 4.42. The average molecular weight is 515 g/mol. The number of phenolic OH excluding ortho intramolecular Hbond substituents is 1. The van der Waals surface area contributed by atoms with E-state index in [9.17, 15) is 9.90 Å². The number of hydrogen-bond donors (Lipinski definition) is 4. The van der Waals surface area contributed by atoms with E-state index in [1.807, 2.05) is 30.3 Å². The van der Waals surface area contributed by atoms with Crippen molar-refractivity contribution in [1.29, 1.82) is 0 Å². The predicted octanol–water partition coefficient (Wildman–Crippen LogP) is 2.90. The lowest BCUT2D eigenvalue weighted by atomic mass is 10.0. The van der Waals surface area contributed by atoms with Gasteiger partial charge in [-0.1, -0.05) is 30.3 Å². The molecule has 4 N–H and O–H groups in total. The Morgan fingerprint density at radius 2 is 1.92 bits per heavy atom. The Kier molecular flexibility index (Phi) is 7.90. The van der Waals surface area contributed by atoms with E-state index in [0.717, 1.165) is 28.8 Å². The van der Waals surface area contributed by atoms with E-state index in [-0.39, 0.29) is 23.7 Å². The van der Waals surface area contributed by atoms with Crippen molar-refractivity contribution in [2.75, 3.05) is 25.0 Å². The second-order valence-corrected chi connectivity index (χ2v) is 9.34. The third-order valence-electron chi connectivity index (χ3n) is 6.55. The van der Waals surface area contributed by atoms with E-state index < -0.39 is 6.29 Å². The van der Waals surface area contributed by atoms with E-state index >= 15 is 0 Å². The number of carbonyl (C=O) groups excluding carboxylic acids is 1. The summed E-state index contributed by atoms with van der Waals surface area (Å²) in [6.45, 7) is 4.77. The van der Waals surface area contributed by atoms with Crippen molar-refractivity contribution in [2.24, 2.45) is 20.7 Å². The summed E-state index contributed by atoms with van der Waals surface area (Å²) in [5.74, 6) is 0.654. The molecule has 0 radical (unpaired) electrons. The SMILES string of the molecule is C[C@H]1CN[C@H](C(=O)NC2N=NN=N2)CN1Cc1cccc(-c2ccnc(NCCc3ccc(O)cc3)n2)c1. The zero-order valence-corrected chi connectivity index (χ0v) is 21.0. The number of hydrogen-bond acceptors (Lipinski definition) is 11. The van der Waals surface area contributed by atoms with Gasteiger partial charge in [-0.15, -0.1) is 10.2 Å². The van der Waals surface area contributed by atoms with Gasteiger partial charge in [-0.3, -0.25) is 9.69 Å². The molecular formula is C26H30N10O2. The molecule has 1 amide bonds. The Balaban J connectivity index is 1.20. The van der Waals surface area contributed by atoms with Crippen LogP contribution in [0.25, 0.3) is 11.3 Å². The molecule has 196 valence electrons. The maximum absolute atomic E-state index is 12.7. The number of phenols is 1. The standard InChI is InChI=1S/C26H30N10O2/c1-17-14-29-23(24(38)31-26-32-34-35-33-26)16-36(17)15-19-3-2-4-20(13-19)22-10-12-28-25(30-22)27-11-9-18-5-7-21(37)8-6-18/h2-8,10,12-13,17,23,26,29,37H,9,11,14-16H2,1H3,(H,31,38)(H,27,28,30)/t17-,23-/m0/s1. The fourth-order valence-electron chi connectivity index (χ4n) is 4.42. The molecule has 0 unspecified atom stereocenters. The molecule has 1 fully saturated rings. The Hall–Kier alpha value is -4.29. The number of benzene rings is 2. The number of aromatic hydroxyl groups is 1. The molecular weight excluding hydrogens is 484 g/mol. The maximum atomic E-state index is 12.7. The smallest absolute Gasteiger partial charge is 0.258 e. The number of nitrogens with one attached hydrogen (secondary N) is 3. The van der Waals surface area contributed by atoms with Crippen LogP contribution >= 0.6 is 0 Å². The van der Waals surface area contributed by atoms with Crippen LogP contribution in [-0.2, 0) is 17.8 Å². The highest BCUT2D eigenvalue weighted by Gasteiger charge is 2.30. The van der Waals surface area contributed by atoms with E-state index in [2.05, 4.69) is 65.6 Å². The van der Waals surface area contributed by atoms with Crippen LogP contribution in [-0.4, -0.2) is 63.9 Å². The maximum Gasteiger partial charge on any atom is 0.258 e. The van der Waals surface area contributed by atoms with E-state index in [1.54, 1.807) is 18.3 Å². The normalized spacial score (nSPS) is 19.5. The predicted molar refractivity (Wildman–Crippen MR) is 141 cm³/mol. The molecule has 5 rings (SSSR count). The van der Waals surface area contributed by atoms with Gasteiger partial charge in [0.25, 0.3) is 6.29 Å². The van der Waals surface area contributed by atoms with E-state index in [0.29, 0.717) is 32.1 Å². The van der Waals surface area contributed by atoms with Gasteiger partial charge in [-0.25, -0.2) is 9.97 Å². The van der Waals surface area contributed by atoms with Gasteiger partial charge in [-0.05, 0) is 59.2 Å². The molecule has 12 heteroatoms. The molecule has 0 aliphatic carbocycles. The molecule has 2 aromatic carbocycles. The van der Waals surface area contributed by atoms with Gasteiger partial charge in [-0.2, -0.15) is 0 Å². The number of rotatable bonds is 9. The Morgan fingerprint density at radius 3 is 2.74 bits per heavy atom. The highest BCUT2D eigenvalue weighted by Crippen LogP contribution is 2.21. The summed E-state index contributed by atoms with van der Waals surface area (Å²) in [4.78, 5) is 24.0. The van der Waals surface area contributed by atoms with Crippen LogP contribution < -0.4 is 16.0 Å². The number of carbonyl (C=O) groups is 1. The lowest BCUT2D eigenvalue weighted by Gasteiger charge is -2.38. The summed E-state index contributed by atoms with van der Waals surface area (Å²) in [7, 11) is 0. The molecule has 38 heavy (non-hydrogen) atoms. The number of amides is 1. The Labute approximate surface area is 220 Å². The largest absolute Gasteiger partial charge is 0.508 e. The minimum atomic E-state index is -0.742. The van der Waals surface area contributed by atoms with Gasteiger partial charge in [0.2, 0.25) is 11.9 Å². The van der Waals surface area contributed by atoms with Crippen molar-refractivity contribution < 1.29 is 9.90 Å². The Bertz CT molecular complexity index is 1300. The average Bonchev–Trinajstić information content (AvgIpc) is 3.44. The molecule has 0 spiro atoms. The zero-order valence-electron chi connectivity index (χ0n) is 21.0. The zero-order chi connectivity index (χ0) is 26.3. The molecule has 2 aliphatic rings. The number of aromatic nitrogens is 2. The van der Waals surface area contributed by atoms with Crippen molar-refractivity contribution in [2.45, 2.75) is 38.3 Å². The molecule has 12 nitrogen and oxygen atoms in total. The van der Waals surface area contributed by atoms with Crippen molar-refractivity contribution in [1.82, 2.24) is 25.5 Å². The van der Waals surface area contributed by atoms with Gasteiger partial charge in [0, 0.05) is 44.0 Å². The highest BCUT2D eigenvalue weighted by atomic mass is 16.3. The minimum absolute atomic E-state index is 0.174. The lowest BCUT2D eigenvalue weighted by molar-refractivity contribution is -0.125. The lowest BCUT2D eigenvalue weighted by Crippen LogP contribution is -2.60. The number of nitrogens with zero attached hydrogens (tertiary/aromatic N) is 7. The fraction of sp³-hybridized carbons (Fsp3) is 0.346. The summed E-state index contributed by atoms with van der Waals surface area (Å²) in [5.41, 5.74) is 4.09. The van der Waals surface area contributed by atoms with Crippen LogP contribution in [0.4, 0.5) is 5.95 Å². The highest BCUT2D eigenvalue weighted by molar-refractivity contribution is 5.82. The molecule has 1 saturated heterocycles. The molecule has 1 aromatic heterocycles. The first-order valence-corrected chi connectivity index (χ1v) is 12.6. The topological polar surface area (TPSA) is 152 Å². The third-order valence-corrected chi connectivity index (χ3v) is 6.55. The van der Waals surface area contributed by atoms with Crippen LogP contribution in [0, 0.1) is 0 Å². The van der Waals surface area contributed by atoms with Crippen LogP contribution in [0.15, 0.2) is 81.5 Å². The summed E-state index contributed by atoms with van der Waals surface area (Å²) < 4.78 is 0. The summed E-state index contributed by atoms with van der Waals surface area (Å²) in [6.07, 6.45) is 1.80. The molecule has 3 aromatic rings. The second kappa shape index (κ2) is 11.8. The van der Waals surface area contributed by atoms with Gasteiger partial charge in [0.05, 0.1) is 11.7 Å². The van der Waals surface area contributed by atoms with E-state index in [1.165, 1.54) is 0 Å².